The quantitative estimate of drug-likeness (QED) is 0.453. The van der Waals surface area contributed by atoms with Crippen molar-refractivity contribution in [2.24, 2.45) is 11.3 Å². The van der Waals surface area contributed by atoms with Crippen LogP contribution in [-0.4, -0.2) is 24.4 Å². The van der Waals surface area contributed by atoms with Crippen LogP contribution in [0, 0.1) is 11.3 Å². The van der Waals surface area contributed by atoms with Crippen molar-refractivity contribution in [3.63, 3.8) is 0 Å². The minimum atomic E-state index is -0.894. The fourth-order valence-corrected chi connectivity index (χ4v) is 4.89. The van der Waals surface area contributed by atoms with Crippen LogP contribution in [0.4, 0.5) is 11.4 Å². The minimum Gasteiger partial charge on any atom is -0.478 e. The van der Waals surface area contributed by atoms with E-state index in [1.165, 1.54) is 19.3 Å². The molecule has 2 aromatic rings. The van der Waals surface area contributed by atoms with Gasteiger partial charge in [0.25, 0.3) is 0 Å². The van der Waals surface area contributed by atoms with E-state index in [2.05, 4.69) is 30.5 Å². The van der Waals surface area contributed by atoms with Gasteiger partial charge in [-0.05, 0) is 66.1 Å². The number of aldehydes is 1. The maximum absolute atomic E-state index is 11.2. The Labute approximate surface area is 195 Å². The molecule has 0 spiro atoms. The molecule has 0 bridgehead atoms. The van der Waals surface area contributed by atoms with Crippen LogP contribution in [0.3, 0.4) is 0 Å². The van der Waals surface area contributed by atoms with Crippen molar-refractivity contribution in [1.29, 1.82) is 0 Å². The molecule has 1 heterocycles. The first-order valence-electron chi connectivity index (χ1n) is 11.3. The first-order chi connectivity index (χ1) is 15.2. The minimum absolute atomic E-state index is 0.0665. The van der Waals surface area contributed by atoms with Gasteiger partial charge in [0.15, 0.2) is 0 Å². The lowest BCUT2D eigenvalue weighted by Crippen LogP contribution is -2.35. The van der Waals surface area contributed by atoms with Gasteiger partial charge in [0.2, 0.25) is 0 Å². The predicted molar refractivity (Wildman–Crippen MR) is 131 cm³/mol. The number of halogens is 1. The Morgan fingerprint density at radius 1 is 1.16 bits per heavy atom. The van der Waals surface area contributed by atoms with Gasteiger partial charge in [-0.25, -0.2) is 4.79 Å². The second-order valence-corrected chi connectivity index (χ2v) is 9.85. The lowest BCUT2D eigenvalue weighted by atomic mass is 9.72. The van der Waals surface area contributed by atoms with E-state index in [1.807, 2.05) is 25.2 Å². The van der Waals surface area contributed by atoms with Crippen molar-refractivity contribution in [3.8, 4) is 0 Å². The molecule has 4 rings (SSSR count). The first-order valence-corrected chi connectivity index (χ1v) is 11.7. The van der Waals surface area contributed by atoms with Gasteiger partial charge in [-0.2, -0.15) is 0 Å². The Bertz CT molecular complexity index is 968. The molecule has 1 saturated carbocycles. The van der Waals surface area contributed by atoms with Gasteiger partial charge < -0.3 is 20.5 Å². The van der Waals surface area contributed by atoms with Gasteiger partial charge in [-0.15, -0.1) is 0 Å². The van der Waals surface area contributed by atoms with Crippen molar-refractivity contribution in [2.45, 2.75) is 58.4 Å². The number of rotatable bonds is 4. The number of benzene rings is 2. The predicted octanol–water partition coefficient (Wildman–Crippen LogP) is 6.58. The highest BCUT2D eigenvalue weighted by atomic mass is 35.5. The third-order valence-electron chi connectivity index (χ3n) is 6.51. The van der Waals surface area contributed by atoms with Gasteiger partial charge in [-0.1, -0.05) is 50.8 Å². The molecule has 3 N–H and O–H groups in total. The lowest BCUT2D eigenvalue weighted by Gasteiger charge is -2.41. The molecular formula is C26H33ClN2O3. The topological polar surface area (TPSA) is 78.4 Å². The van der Waals surface area contributed by atoms with Crippen molar-refractivity contribution in [2.75, 3.05) is 17.7 Å². The van der Waals surface area contributed by atoms with E-state index < -0.39 is 5.97 Å². The van der Waals surface area contributed by atoms with E-state index in [4.69, 9.17) is 11.6 Å². The molecule has 1 aliphatic heterocycles. The molecule has 5 nitrogen and oxygen atoms in total. The second kappa shape index (κ2) is 10.4. The first kappa shape index (κ1) is 24.1. The maximum Gasteiger partial charge on any atom is 0.335 e. The summed E-state index contributed by atoms with van der Waals surface area (Å²) in [6.07, 6.45) is 8.07. The smallest absolute Gasteiger partial charge is 0.335 e. The lowest BCUT2D eigenvalue weighted by molar-refractivity contribution is -0.111. The number of aromatic carboxylic acids is 1. The van der Waals surface area contributed by atoms with Gasteiger partial charge in [0.05, 0.1) is 22.3 Å². The van der Waals surface area contributed by atoms with Gasteiger partial charge in [0, 0.05) is 18.7 Å². The zero-order chi connectivity index (χ0) is 23.3. The van der Waals surface area contributed by atoms with Crippen LogP contribution in [0.1, 0.15) is 73.5 Å². The highest BCUT2D eigenvalue weighted by Crippen LogP contribution is 2.45. The van der Waals surface area contributed by atoms with E-state index in [0.717, 1.165) is 48.1 Å². The highest BCUT2D eigenvalue weighted by molar-refractivity contribution is 6.33. The molecule has 1 atom stereocenters. The van der Waals surface area contributed by atoms with E-state index in [-0.39, 0.29) is 11.5 Å². The summed E-state index contributed by atoms with van der Waals surface area (Å²) in [6.45, 7) is 4.38. The summed E-state index contributed by atoms with van der Waals surface area (Å²) in [6, 6.07) is 11.4. The van der Waals surface area contributed by atoms with Crippen LogP contribution in [0.5, 0.6) is 0 Å². The van der Waals surface area contributed by atoms with Crippen molar-refractivity contribution >= 4 is 35.2 Å². The summed E-state index contributed by atoms with van der Waals surface area (Å²) in [5.74, 6) is -0.488. The standard InChI is InChI=1S/C19H21ClN2O2.C7H12O/c1-19(2)10-13-8-12(18(23)24)5-7-15(13)22-17(19)11-4-6-14(20)16(9-11)21-3;8-6-7-4-2-1-3-5-7/h4-9,17,21-22H,10H2,1-3H3,(H,23,24);6-7H,1-5H2. The van der Waals surface area contributed by atoms with Gasteiger partial charge in [-0.3, -0.25) is 0 Å². The molecule has 0 saturated heterocycles. The van der Waals surface area contributed by atoms with Crippen LogP contribution in [-0.2, 0) is 11.2 Å². The number of anilines is 2. The van der Waals surface area contributed by atoms with Crippen LogP contribution < -0.4 is 10.6 Å². The molecule has 0 amide bonds. The van der Waals surface area contributed by atoms with E-state index in [9.17, 15) is 14.7 Å². The molecule has 1 aliphatic carbocycles. The Kier molecular flexibility index (Phi) is 7.83. The molecule has 0 aromatic heterocycles. The van der Waals surface area contributed by atoms with Crippen LogP contribution in [0.25, 0.3) is 0 Å². The SMILES string of the molecule is CNc1cc(C2Nc3ccc(C(=O)O)cc3CC2(C)C)ccc1Cl.O=CC1CCCCC1. The molecule has 1 unspecified atom stereocenters. The highest BCUT2D eigenvalue weighted by Gasteiger charge is 2.36. The average Bonchev–Trinajstić information content (AvgIpc) is 2.79. The number of carbonyl (C=O) groups excluding carboxylic acids is 1. The Morgan fingerprint density at radius 3 is 2.47 bits per heavy atom. The monoisotopic (exact) mass is 456 g/mol. The average molecular weight is 457 g/mol. The molecule has 172 valence electrons. The molecule has 32 heavy (non-hydrogen) atoms. The normalized spacial score (nSPS) is 19.6. The fraction of sp³-hybridized carbons (Fsp3) is 0.462. The summed E-state index contributed by atoms with van der Waals surface area (Å²) in [5.41, 5.74) is 4.35. The second-order valence-electron chi connectivity index (χ2n) is 9.44. The number of fused-ring (bicyclic) bond motifs is 1. The molecule has 2 aliphatic rings. The molecule has 0 radical (unpaired) electrons. The number of nitrogens with one attached hydrogen (secondary N) is 2. The maximum atomic E-state index is 11.2. The van der Waals surface area contributed by atoms with Crippen molar-refractivity contribution in [3.05, 3.63) is 58.1 Å². The zero-order valence-electron chi connectivity index (χ0n) is 19.1. The van der Waals surface area contributed by atoms with Crippen LogP contribution >= 0.6 is 11.6 Å². The number of carboxylic acid groups (broad SMARTS) is 1. The zero-order valence-corrected chi connectivity index (χ0v) is 19.8. The Morgan fingerprint density at radius 2 is 1.88 bits per heavy atom. The summed E-state index contributed by atoms with van der Waals surface area (Å²) in [7, 11) is 1.85. The Hall–Kier alpha value is -2.53. The number of hydrogen-bond acceptors (Lipinski definition) is 4. The van der Waals surface area contributed by atoms with Gasteiger partial charge in [0.1, 0.15) is 6.29 Å². The summed E-state index contributed by atoms with van der Waals surface area (Å²) in [4.78, 5) is 21.4. The van der Waals surface area contributed by atoms with E-state index in [0.29, 0.717) is 16.5 Å². The largest absolute Gasteiger partial charge is 0.478 e. The third-order valence-corrected chi connectivity index (χ3v) is 6.84. The van der Waals surface area contributed by atoms with Crippen molar-refractivity contribution in [1.82, 2.24) is 0 Å². The van der Waals surface area contributed by atoms with E-state index in [1.54, 1.807) is 12.1 Å². The molecular weight excluding hydrogens is 424 g/mol. The number of hydrogen-bond donors (Lipinski definition) is 3. The summed E-state index contributed by atoms with van der Waals surface area (Å²) >= 11 is 6.20. The third kappa shape index (κ3) is 5.63. The van der Waals surface area contributed by atoms with Crippen LogP contribution in [0.15, 0.2) is 36.4 Å². The van der Waals surface area contributed by atoms with Crippen molar-refractivity contribution < 1.29 is 14.7 Å². The fourth-order valence-electron chi connectivity index (χ4n) is 4.68. The summed E-state index contributed by atoms with van der Waals surface area (Å²) in [5, 5.41) is 16.6. The van der Waals surface area contributed by atoms with E-state index >= 15 is 0 Å². The molecule has 1 fully saturated rings. The number of carbonyl (C=O) groups is 2. The van der Waals surface area contributed by atoms with Crippen LogP contribution in [0.2, 0.25) is 5.02 Å². The summed E-state index contributed by atoms with van der Waals surface area (Å²) < 4.78 is 0. The molecule has 6 heteroatoms. The number of carboxylic acids is 1. The Balaban J connectivity index is 0.000000305. The molecule has 2 aromatic carbocycles. The van der Waals surface area contributed by atoms with Gasteiger partial charge >= 0.3 is 5.97 Å².